The summed E-state index contributed by atoms with van der Waals surface area (Å²) in [6.07, 6.45) is 6.94. The highest BCUT2D eigenvalue weighted by atomic mass is 16.1. The number of hydrogen-bond donors (Lipinski definition) is 1. The van der Waals surface area contributed by atoms with Gasteiger partial charge in [0.2, 0.25) is 0 Å². The van der Waals surface area contributed by atoms with Crippen LogP contribution in [0.25, 0.3) is 11.0 Å². The van der Waals surface area contributed by atoms with Crippen LogP contribution in [0.1, 0.15) is 43.1 Å². The molecule has 0 unspecified atom stereocenters. The normalized spacial score (nSPS) is 28.0. The van der Waals surface area contributed by atoms with Crippen molar-refractivity contribution in [3.8, 4) is 0 Å². The molecule has 2 fully saturated rings. The molecule has 1 aromatic carbocycles. The Morgan fingerprint density at radius 3 is 2.77 bits per heavy atom. The van der Waals surface area contributed by atoms with E-state index in [-0.39, 0.29) is 11.9 Å². The molecule has 4 heteroatoms. The van der Waals surface area contributed by atoms with E-state index in [1.165, 1.54) is 25.7 Å². The zero-order chi connectivity index (χ0) is 15.1. The van der Waals surface area contributed by atoms with Crippen molar-refractivity contribution < 1.29 is 4.79 Å². The highest BCUT2D eigenvalue weighted by Crippen LogP contribution is 2.49. The molecule has 2 bridgehead atoms. The molecule has 1 heterocycles. The third-order valence-electron chi connectivity index (χ3n) is 5.47. The van der Waals surface area contributed by atoms with Crippen molar-refractivity contribution in [2.45, 2.75) is 38.6 Å². The first-order valence-corrected chi connectivity index (χ1v) is 8.23. The van der Waals surface area contributed by atoms with Gasteiger partial charge in [0.05, 0.1) is 17.2 Å². The predicted molar refractivity (Wildman–Crippen MR) is 85.4 cm³/mol. The van der Waals surface area contributed by atoms with E-state index in [2.05, 4.69) is 22.2 Å². The summed E-state index contributed by atoms with van der Waals surface area (Å²) < 4.78 is 0. The smallest absolute Gasteiger partial charge is 0.271 e. The maximum absolute atomic E-state index is 12.4. The molecular weight excluding hydrogens is 274 g/mol. The minimum atomic E-state index is -0.103. The number of hydrogen-bond acceptors (Lipinski definition) is 3. The first kappa shape index (κ1) is 13.7. The van der Waals surface area contributed by atoms with Crippen LogP contribution >= 0.6 is 0 Å². The second-order valence-electron chi connectivity index (χ2n) is 6.84. The van der Waals surface area contributed by atoms with Crippen molar-refractivity contribution in [3.63, 3.8) is 0 Å². The third kappa shape index (κ3) is 2.36. The van der Waals surface area contributed by atoms with Gasteiger partial charge in [-0.15, -0.1) is 0 Å². The molecular formula is C18H21N3O. The zero-order valence-corrected chi connectivity index (χ0v) is 12.8. The van der Waals surface area contributed by atoms with Gasteiger partial charge >= 0.3 is 0 Å². The van der Waals surface area contributed by atoms with E-state index in [9.17, 15) is 4.79 Å². The number of nitrogens with one attached hydrogen (secondary N) is 1. The summed E-state index contributed by atoms with van der Waals surface area (Å²) in [5, 5.41) is 3.15. The van der Waals surface area contributed by atoms with Crippen LogP contribution in [0, 0.1) is 17.8 Å². The van der Waals surface area contributed by atoms with E-state index >= 15 is 0 Å². The molecule has 4 rings (SSSR count). The molecule has 2 aliphatic rings. The molecule has 22 heavy (non-hydrogen) atoms. The SMILES string of the molecule is C[C@H](NC(=O)c1cnc2ccccc2n1)[C@@H]1C[C@H]2CC[C@H]1C2. The summed E-state index contributed by atoms with van der Waals surface area (Å²) >= 11 is 0. The van der Waals surface area contributed by atoms with Crippen LogP contribution < -0.4 is 5.32 Å². The Bertz CT molecular complexity index is 714. The predicted octanol–water partition coefficient (Wildman–Crippen LogP) is 3.18. The lowest BCUT2D eigenvalue weighted by Gasteiger charge is -2.28. The van der Waals surface area contributed by atoms with Crippen LogP contribution in [0.15, 0.2) is 30.5 Å². The largest absolute Gasteiger partial charge is 0.348 e. The van der Waals surface area contributed by atoms with Gasteiger partial charge in [-0.25, -0.2) is 4.98 Å². The number of amides is 1. The molecule has 1 amide bonds. The van der Waals surface area contributed by atoms with Gasteiger partial charge < -0.3 is 5.32 Å². The zero-order valence-electron chi connectivity index (χ0n) is 12.8. The van der Waals surface area contributed by atoms with Crippen molar-refractivity contribution in [2.24, 2.45) is 17.8 Å². The van der Waals surface area contributed by atoms with Gasteiger partial charge in [0.1, 0.15) is 5.69 Å². The van der Waals surface area contributed by atoms with Gasteiger partial charge in [-0.05, 0) is 56.1 Å². The van der Waals surface area contributed by atoms with Gasteiger partial charge in [0.25, 0.3) is 5.91 Å². The maximum atomic E-state index is 12.4. The Morgan fingerprint density at radius 2 is 2.05 bits per heavy atom. The minimum Gasteiger partial charge on any atom is -0.348 e. The van der Waals surface area contributed by atoms with Crippen LogP contribution in [-0.4, -0.2) is 21.9 Å². The Balaban J connectivity index is 1.48. The van der Waals surface area contributed by atoms with Crippen molar-refractivity contribution in [3.05, 3.63) is 36.2 Å². The molecule has 4 atom stereocenters. The molecule has 0 saturated heterocycles. The Labute approximate surface area is 130 Å². The van der Waals surface area contributed by atoms with E-state index in [0.29, 0.717) is 11.6 Å². The van der Waals surface area contributed by atoms with Gasteiger partial charge in [-0.1, -0.05) is 18.6 Å². The highest BCUT2D eigenvalue weighted by Gasteiger charge is 2.42. The summed E-state index contributed by atoms with van der Waals surface area (Å²) in [4.78, 5) is 21.2. The molecule has 114 valence electrons. The Kier molecular flexibility index (Phi) is 3.32. The van der Waals surface area contributed by atoms with Gasteiger partial charge in [0.15, 0.2) is 0 Å². The molecule has 1 N–H and O–H groups in total. The summed E-state index contributed by atoms with van der Waals surface area (Å²) in [5.41, 5.74) is 2.00. The van der Waals surface area contributed by atoms with Crippen LogP contribution in [0.5, 0.6) is 0 Å². The average molecular weight is 295 g/mol. The second kappa shape index (κ2) is 5.34. The molecule has 2 aromatic rings. The van der Waals surface area contributed by atoms with Crippen LogP contribution in [0.3, 0.4) is 0 Å². The van der Waals surface area contributed by atoms with Crippen molar-refractivity contribution in [2.75, 3.05) is 0 Å². The molecule has 0 spiro atoms. The first-order valence-electron chi connectivity index (χ1n) is 8.23. The van der Waals surface area contributed by atoms with Gasteiger partial charge in [-0.2, -0.15) is 0 Å². The number of para-hydroxylation sites is 2. The van der Waals surface area contributed by atoms with E-state index in [0.717, 1.165) is 22.9 Å². The third-order valence-corrected chi connectivity index (χ3v) is 5.47. The fourth-order valence-corrected chi connectivity index (χ4v) is 4.36. The molecule has 0 aliphatic heterocycles. The molecule has 2 saturated carbocycles. The fraction of sp³-hybridized carbons (Fsp3) is 0.500. The maximum Gasteiger partial charge on any atom is 0.271 e. The van der Waals surface area contributed by atoms with Crippen molar-refractivity contribution >= 4 is 16.9 Å². The lowest BCUT2D eigenvalue weighted by molar-refractivity contribution is 0.0910. The first-order chi connectivity index (χ1) is 10.7. The van der Waals surface area contributed by atoms with Crippen molar-refractivity contribution in [1.82, 2.24) is 15.3 Å². The second-order valence-corrected chi connectivity index (χ2v) is 6.84. The molecule has 1 aromatic heterocycles. The van der Waals surface area contributed by atoms with Crippen LogP contribution in [0.4, 0.5) is 0 Å². The highest BCUT2D eigenvalue weighted by molar-refractivity contribution is 5.93. The minimum absolute atomic E-state index is 0.103. The van der Waals surface area contributed by atoms with E-state index in [4.69, 9.17) is 0 Å². The number of rotatable bonds is 3. The summed E-state index contributed by atoms with van der Waals surface area (Å²) in [5.74, 6) is 2.24. The number of carbonyl (C=O) groups is 1. The number of fused-ring (bicyclic) bond motifs is 3. The lowest BCUT2D eigenvalue weighted by Crippen LogP contribution is -2.40. The topological polar surface area (TPSA) is 54.9 Å². The summed E-state index contributed by atoms with van der Waals surface area (Å²) in [6, 6.07) is 7.85. The van der Waals surface area contributed by atoms with Gasteiger partial charge in [-0.3, -0.25) is 9.78 Å². The van der Waals surface area contributed by atoms with Crippen molar-refractivity contribution in [1.29, 1.82) is 0 Å². The summed E-state index contributed by atoms with van der Waals surface area (Å²) in [7, 11) is 0. The molecule has 4 nitrogen and oxygen atoms in total. The van der Waals surface area contributed by atoms with E-state index < -0.39 is 0 Å². The quantitative estimate of drug-likeness (QED) is 0.946. The number of carbonyl (C=O) groups excluding carboxylic acids is 1. The Hall–Kier alpha value is -1.97. The van der Waals surface area contributed by atoms with Crippen LogP contribution in [0.2, 0.25) is 0 Å². The molecule has 0 radical (unpaired) electrons. The van der Waals surface area contributed by atoms with E-state index in [1.54, 1.807) is 6.20 Å². The fourth-order valence-electron chi connectivity index (χ4n) is 4.36. The summed E-state index contributed by atoms with van der Waals surface area (Å²) in [6.45, 7) is 2.14. The van der Waals surface area contributed by atoms with Crippen LogP contribution in [-0.2, 0) is 0 Å². The standard InChI is InChI=1S/C18H21N3O/c1-11(14-9-12-6-7-13(14)8-12)20-18(22)17-10-19-15-4-2-3-5-16(15)21-17/h2-5,10-14H,6-9H2,1H3,(H,20,22)/t11-,12-,13-,14-/m0/s1. The monoisotopic (exact) mass is 295 g/mol. The number of nitrogens with zero attached hydrogens (tertiary/aromatic N) is 2. The number of aromatic nitrogens is 2. The Morgan fingerprint density at radius 1 is 1.23 bits per heavy atom. The van der Waals surface area contributed by atoms with Gasteiger partial charge in [0, 0.05) is 6.04 Å². The molecule has 2 aliphatic carbocycles. The number of benzene rings is 1. The lowest BCUT2D eigenvalue weighted by atomic mass is 9.84. The van der Waals surface area contributed by atoms with E-state index in [1.807, 2.05) is 24.3 Å². The average Bonchev–Trinajstić information content (AvgIpc) is 3.17.